The van der Waals surface area contributed by atoms with Gasteiger partial charge in [0.05, 0.1) is 10.1 Å². The van der Waals surface area contributed by atoms with Gasteiger partial charge in [0, 0.05) is 17.3 Å². The van der Waals surface area contributed by atoms with Gasteiger partial charge < -0.3 is 20.0 Å². The molecule has 1 heterocycles. The quantitative estimate of drug-likeness (QED) is 0.250. The Kier molecular flexibility index (Phi) is 8.39. The number of amides is 1. The number of Topliss-reactive ketones (excluding diaryl/α,β-unsaturated/α-hetero) is 1. The van der Waals surface area contributed by atoms with Crippen LogP contribution in [-0.4, -0.2) is 51.0 Å². The van der Waals surface area contributed by atoms with E-state index in [9.17, 15) is 28.0 Å². The molecule has 6 rings (SSSR count). The smallest absolute Gasteiger partial charge is 0.415 e. The van der Waals surface area contributed by atoms with Gasteiger partial charge in [0.1, 0.15) is 12.3 Å². The number of hydrogen-bond acceptors (Lipinski definition) is 10. The molecule has 4 fully saturated rings. The van der Waals surface area contributed by atoms with E-state index in [0.29, 0.717) is 18.1 Å². The highest BCUT2D eigenvalue weighted by Gasteiger charge is 2.68. The van der Waals surface area contributed by atoms with E-state index in [4.69, 9.17) is 9.47 Å². The molecule has 4 saturated carbocycles. The summed E-state index contributed by atoms with van der Waals surface area (Å²) in [6, 6.07) is 7.30. The number of nitrogens with one attached hydrogen (secondary N) is 1. The first-order valence-electron chi connectivity index (χ1n) is 16.2. The van der Waals surface area contributed by atoms with Gasteiger partial charge in [-0.1, -0.05) is 57.2 Å². The minimum atomic E-state index is -4.26. The zero-order chi connectivity index (χ0) is 33.7. The molecule has 6 atom stereocenters. The van der Waals surface area contributed by atoms with E-state index < -0.39 is 32.1 Å². The summed E-state index contributed by atoms with van der Waals surface area (Å²) in [6.45, 7) is 5.59. The van der Waals surface area contributed by atoms with Crippen LogP contribution in [0.1, 0.15) is 78.6 Å². The molecule has 252 valence electrons. The second-order valence-corrected chi connectivity index (χ2v) is 16.4. The lowest BCUT2D eigenvalue weighted by Crippen LogP contribution is -2.60. The highest BCUT2D eigenvalue weighted by molar-refractivity contribution is 7.91. The van der Waals surface area contributed by atoms with Crippen LogP contribution < -0.4 is 15.0 Å². The van der Waals surface area contributed by atoms with Crippen molar-refractivity contribution in [3.63, 3.8) is 0 Å². The van der Waals surface area contributed by atoms with Gasteiger partial charge in [0.25, 0.3) is 9.84 Å². The van der Waals surface area contributed by atoms with Crippen molar-refractivity contribution in [1.82, 2.24) is 10.5 Å². The Morgan fingerprint density at radius 3 is 2.55 bits per heavy atom. The number of esters is 1. The maximum absolute atomic E-state index is 13.7. The van der Waals surface area contributed by atoms with Crippen LogP contribution in [-0.2, 0) is 29.0 Å². The second kappa shape index (κ2) is 12.0. The molecule has 1 spiro atoms. The van der Waals surface area contributed by atoms with Gasteiger partial charge in [-0.25, -0.2) is 8.42 Å². The molecule has 13 heteroatoms. The number of carbonyl (C=O) groups excluding carboxylic acids is 3. The molecule has 4 aliphatic rings. The molecular weight excluding hydrogens is 626 g/mol. The Morgan fingerprint density at radius 1 is 1.06 bits per heavy atom. The van der Waals surface area contributed by atoms with Gasteiger partial charge in [-0.15, -0.1) is 0 Å². The van der Waals surface area contributed by atoms with Crippen LogP contribution in [0.5, 0.6) is 5.88 Å². The molecular formula is C34H41N3O9S. The third-order valence-corrected chi connectivity index (χ3v) is 13.6. The Balaban J connectivity index is 0.999. The van der Waals surface area contributed by atoms with Gasteiger partial charge >= 0.3 is 16.9 Å². The number of carbonyl (C=O) groups is 3. The summed E-state index contributed by atoms with van der Waals surface area (Å²) in [4.78, 5) is 38.8. The summed E-state index contributed by atoms with van der Waals surface area (Å²) in [6.07, 6.45) is 8.25. The van der Waals surface area contributed by atoms with Crippen molar-refractivity contribution in [2.75, 3.05) is 19.8 Å². The topological polar surface area (TPSA) is 169 Å². The van der Waals surface area contributed by atoms with E-state index in [1.54, 1.807) is 6.07 Å². The van der Waals surface area contributed by atoms with Crippen LogP contribution in [0.25, 0.3) is 0 Å². The van der Waals surface area contributed by atoms with Crippen molar-refractivity contribution in [3.05, 3.63) is 35.5 Å². The molecule has 1 aromatic carbocycles. The van der Waals surface area contributed by atoms with Crippen molar-refractivity contribution in [2.24, 2.45) is 33.5 Å². The third-order valence-electron chi connectivity index (χ3n) is 11.8. The first-order chi connectivity index (χ1) is 22.3. The Morgan fingerprint density at radius 2 is 1.79 bits per heavy atom. The minimum Gasteiger partial charge on any atom is -0.451 e. The van der Waals surface area contributed by atoms with E-state index in [1.807, 2.05) is 6.92 Å². The maximum Gasteiger partial charge on any atom is 0.415 e. The van der Waals surface area contributed by atoms with Crippen molar-refractivity contribution in [3.8, 4) is 17.7 Å². The molecule has 47 heavy (non-hydrogen) atoms. The predicted molar refractivity (Wildman–Crippen MR) is 165 cm³/mol. The largest absolute Gasteiger partial charge is 0.451 e. The zero-order valence-electron chi connectivity index (χ0n) is 27.0. The Hall–Kier alpha value is -3.92. The van der Waals surface area contributed by atoms with Crippen LogP contribution in [0.4, 0.5) is 0 Å². The number of ether oxygens (including phenoxy) is 2. The van der Waals surface area contributed by atoms with Crippen molar-refractivity contribution >= 4 is 27.5 Å². The highest BCUT2D eigenvalue weighted by atomic mass is 32.2. The highest BCUT2D eigenvalue weighted by Crippen LogP contribution is 2.73. The van der Waals surface area contributed by atoms with Gasteiger partial charge in [0.2, 0.25) is 5.91 Å². The fraction of sp³-hybridized carbons (Fsp3) is 0.618. The standard InChI is InChI=1S/C34H41N3O9S/c1-31-16-12-25-32(2)14-9-15-33(3,24(32)13-17-34(25,22-31)20-26(31)38)30(40)35-21-27(39)44-18-7-8-19-45-28-29(37(41)46-36-28)47(42,43)23-10-5-4-6-11-23/h4-6,10-11,24-25H,9,12-22H2,1-3H3,(H,35,40)/t24-,25-,31-,32+,33+,34-/m0/s1. The molecule has 0 aliphatic heterocycles. The summed E-state index contributed by atoms with van der Waals surface area (Å²) in [5, 5.41) is 17.4. The molecule has 1 amide bonds. The normalized spacial score (nSPS) is 32.7. The fourth-order valence-corrected chi connectivity index (χ4v) is 11.0. The molecule has 0 radical (unpaired) electrons. The lowest BCUT2D eigenvalue weighted by Gasteiger charge is -2.64. The first kappa shape index (κ1) is 33.0. The van der Waals surface area contributed by atoms with Crippen molar-refractivity contribution < 1.29 is 41.8 Å². The third kappa shape index (κ3) is 5.58. The second-order valence-electron chi connectivity index (χ2n) is 14.5. The maximum atomic E-state index is 13.7. The molecule has 0 unspecified atom stereocenters. The fourth-order valence-electron chi connectivity index (χ4n) is 9.75. The number of aromatic nitrogens is 2. The molecule has 12 nitrogen and oxygen atoms in total. The van der Waals surface area contributed by atoms with Gasteiger partial charge in [0.15, 0.2) is 13.2 Å². The summed E-state index contributed by atoms with van der Waals surface area (Å²) < 4.78 is 40.5. The van der Waals surface area contributed by atoms with Crippen LogP contribution in [0.2, 0.25) is 0 Å². The molecule has 4 aliphatic carbocycles. The molecule has 2 aromatic rings. The average Bonchev–Trinajstić information content (AvgIpc) is 3.50. The number of nitrogens with zero attached hydrogens (tertiary/aromatic N) is 2. The van der Waals surface area contributed by atoms with E-state index in [0.717, 1.165) is 51.4 Å². The first-order valence-corrected chi connectivity index (χ1v) is 17.7. The molecule has 0 saturated heterocycles. The van der Waals surface area contributed by atoms with Crippen LogP contribution in [0, 0.1) is 50.5 Å². The number of fused-ring (bicyclic) bond motifs is 3. The molecule has 1 aromatic heterocycles. The summed E-state index contributed by atoms with van der Waals surface area (Å²) in [7, 11) is -4.26. The minimum absolute atomic E-state index is 0.0286. The molecule has 2 bridgehead atoms. The number of rotatable bonds is 8. The van der Waals surface area contributed by atoms with E-state index >= 15 is 0 Å². The number of ketones is 1. The summed E-state index contributed by atoms with van der Waals surface area (Å²) >= 11 is 0. The van der Waals surface area contributed by atoms with Gasteiger partial charge in [-0.05, 0) is 84.6 Å². The zero-order valence-corrected chi connectivity index (χ0v) is 27.8. The van der Waals surface area contributed by atoms with E-state index in [-0.39, 0.29) is 57.6 Å². The lowest BCUT2D eigenvalue weighted by atomic mass is 9.40. The summed E-state index contributed by atoms with van der Waals surface area (Å²) in [5.74, 6) is 4.84. The van der Waals surface area contributed by atoms with Gasteiger partial charge in [-0.3, -0.25) is 19.0 Å². The van der Waals surface area contributed by atoms with Crippen LogP contribution in [0.3, 0.4) is 0 Å². The predicted octanol–water partition coefficient (Wildman–Crippen LogP) is 3.55. The van der Waals surface area contributed by atoms with E-state index in [1.165, 1.54) is 24.3 Å². The SMILES string of the molecule is C[C@@]12CC[C@@H]3[C@@](CC[C@H]4[C@@]3(C)CCC[C@@]4(C)C(=O)NCC(=O)OCC#CCOc3no[n+]([O-])c3S(=O)(=O)c3ccccc3)(CC1=O)C2. The number of benzene rings is 1. The van der Waals surface area contributed by atoms with Crippen LogP contribution >= 0.6 is 0 Å². The monoisotopic (exact) mass is 667 g/mol. The Bertz CT molecular complexity index is 1750. The average molecular weight is 668 g/mol. The van der Waals surface area contributed by atoms with Crippen molar-refractivity contribution in [2.45, 2.75) is 88.5 Å². The number of sulfone groups is 1. The van der Waals surface area contributed by atoms with E-state index in [2.05, 4.69) is 40.8 Å². The summed E-state index contributed by atoms with van der Waals surface area (Å²) in [5.41, 5.74) is -0.764. The lowest BCUT2D eigenvalue weighted by molar-refractivity contribution is -0.832. The van der Waals surface area contributed by atoms with Crippen LogP contribution in [0.15, 0.2) is 44.9 Å². The van der Waals surface area contributed by atoms with Crippen molar-refractivity contribution in [1.29, 1.82) is 0 Å². The molecule has 1 N–H and O–H groups in total. The number of hydrogen-bond donors (Lipinski definition) is 1. The Labute approximate surface area is 274 Å². The van der Waals surface area contributed by atoms with Gasteiger partial charge in [-0.2, -0.15) is 0 Å².